The third kappa shape index (κ3) is 6.44. The molecule has 0 spiro atoms. The number of fused-ring (bicyclic) bond motifs is 1. The number of carbonyl (C=O) groups excluding carboxylic acids is 1. The van der Waals surface area contributed by atoms with Crippen molar-refractivity contribution in [2.45, 2.75) is 26.1 Å². The average Bonchev–Trinajstić information content (AvgIpc) is 3.46. The first-order chi connectivity index (χ1) is 19.9. The number of carbonyl (C=O) groups is 1. The van der Waals surface area contributed by atoms with Crippen LogP contribution in [-0.2, 0) is 26.1 Å². The second-order valence-corrected chi connectivity index (χ2v) is 9.49. The lowest BCUT2D eigenvalue weighted by atomic mass is 9.99. The number of benzene rings is 3. The molecule has 0 saturated carbocycles. The molecule has 1 aliphatic heterocycles. The van der Waals surface area contributed by atoms with Gasteiger partial charge in [-0.1, -0.05) is 29.5 Å². The van der Waals surface area contributed by atoms with Gasteiger partial charge in [-0.15, -0.1) is 5.10 Å². The minimum atomic E-state index is -0.600. The molecular formula is C29H30N6O6. The van der Waals surface area contributed by atoms with Crippen LogP contribution in [0.4, 0.5) is 11.4 Å². The highest BCUT2D eigenvalue weighted by molar-refractivity contribution is 6.07. The Kier molecular flexibility index (Phi) is 8.39. The summed E-state index contributed by atoms with van der Waals surface area (Å²) in [7, 11) is 3.29. The first kappa shape index (κ1) is 27.6. The molecule has 0 bridgehead atoms. The van der Waals surface area contributed by atoms with E-state index in [1.54, 1.807) is 49.2 Å². The van der Waals surface area contributed by atoms with Gasteiger partial charge in [-0.3, -0.25) is 24.5 Å². The molecule has 0 radical (unpaired) electrons. The topological polar surface area (TPSA) is 134 Å². The van der Waals surface area contributed by atoms with Crippen molar-refractivity contribution in [2.24, 2.45) is 0 Å². The highest BCUT2D eigenvalue weighted by Gasteiger charge is 2.21. The molecule has 0 fully saturated rings. The van der Waals surface area contributed by atoms with Crippen molar-refractivity contribution in [1.29, 1.82) is 0 Å². The van der Waals surface area contributed by atoms with Crippen molar-refractivity contribution in [2.75, 3.05) is 32.6 Å². The molecule has 0 unspecified atom stereocenters. The molecule has 212 valence electrons. The molecule has 4 aromatic rings. The quantitative estimate of drug-likeness (QED) is 0.213. The Morgan fingerprint density at radius 3 is 2.51 bits per heavy atom. The average molecular weight is 559 g/mol. The summed E-state index contributed by atoms with van der Waals surface area (Å²) >= 11 is 0. The lowest BCUT2D eigenvalue weighted by Gasteiger charge is -2.29. The molecule has 5 rings (SSSR count). The fourth-order valence-corrected chi connectivity index (χ4v) is 4.75. The Morgan fingerprint density at radius 1 is 1.00 bits per heavy atom. The predicted octanol–water partition coefficient (Wildman–Crippen LogP) is 4.09. The Hall–Kier alpha value is -4.97. The van der Waals surface area contributed by atoms with Crippen LogP contribution in [0.15, 0.2) is 66.9 Å². The van der Waals surface area contributed by atoms with Crippen LogP contribution in [-0.4, -0.2) is 58.0 Å². The lowest BCUT2D eigenvalue weighted by Crippen LogP contribution is -2.33. The minimum Gasteiger partial charge on any atom is -0.493 e. The van der Waals surface area contributed by atoms with Gasteiger partial charge in [-0.05, 0) is 47.9 Å². The van der Waals surface area contributed by atoms with E-state index in [2.05, 4.69) is 26.6 Å². The number of anilines is 1. The van der Waals surface area contributed by atoms with E-state index >= 15 is 0 Å². The van der Waals surface area contributed by atoms with Crippen molar-refractivity contribution in [1.82, 2.24) is 19.9 Å². The zero-order valence-corrected chi connectivity index (χ0v) is 22.8. The van der Waals surface area contributed by atoms with Crippen LogP contribution in [0.3, 0.4) is 0 Å². The van der Waals surface area contributed by atoms with Crippen molar-refractivity contribution in [3.8, 4) is 17.2 Å². The number of aromatic nitrogens is 3. The number of nitrogens with one attached hydrogen (secondary N) is 1. The Labute approximate surface area is 236 Å². The van der Waals surface area contributed by atoms with Crippen LogP contribution in [0.25, 0.3) is 0 Å². The van der Waals surface area contributed by atoms with Gasteiger partial charge in [0.1, 0.15) is 23.6 Å². The molecule has 0 saturated heterocycles. The summed E-state index contributed by atoms with van der Waals surface area (Å²) in [4.78, 5) is 25.9. The van der Waals surface area contributed by atoms with E-state index in [9.17, 15) is 14.9 Å². The molecule has 1 aliphatic rings. The van der Waals surface area contributed by atoms with Gasteiger partial charge in [0.25, 0.3) is 11.6 Å². The maximum atomic E-state index is 12.8. The van der Waals surface area contributed by atoms with Crippen molar-refractivity contribution in [3.05, 3.63) is 99.4 Å². The summed E-state index contributed by atoms with van der Waals surface area (Å²) < 4.78 is 18.6. The number of nitrogens with zero attached hydrogens (tertiary/aromatic N) is 5. The van der Waals surface area contributed by atoms with Gasteiger partial charge in [-0.2, -0.15) is 0 Å². The van der Waals surface area contributed by atoms with E-state index in [-0.39, 0.29) is 17.9 Å². The van der Waals surface area contributed by atoms with E-state index in [0.29, 0.717) is 23.7 Å². The molecule has 1 aromatic heterocycles. The van der Waals surface area contributed by atoms with Gasteiger partial charge in [0.05, 0.1) is 37.6 Å². The van der Waals surface area contributed by atoms with Gasteiger partial charge < -0.3 is 19.5 Å². The van der Waals surface area contributed by atoms with Crippen LogP contribution in [0.5, 0.6) is 17.2 Å². The zero-order chi connectivity index (χ0) is 28.8. The molecular weight excluding hydrogens is 528 g/mol. The number of nitro benzene ring substituents is 1. The van der Waals surface area contributed by atoms with Gasteiger partial charge in [0.15, 0.2) is 11.5 Å². The van der Waals surface area contributed by atoms with Crippen LogP contribution in [0, 0.1) is 10.1 Å². The number of methoxy groups -OCH3 is 2. The number of rotatable bonds is 11. The second-order valence-electron chi connectivity index (χ2n) is 9.49. The first-order valence-corrected chi connectivity index (χ1v) is 13.1. The number of para-hydroxylation sites is 3. The standard InChI is InChI=1S/C29H30N6O6/c1-39-27-15-20-11-12-33(17-21(20)16-28(27)40-2)13-14-34-18-22(31-32-34)19-41-26-10-6-4-8-24(26)30-29(36)23-7-3-5-9-25(23)35(37)38/h3-10,15-16,18H,11-14,17,19H2,1-2H3,(H,30,36). The Balaban J connectivity index is 1.16. The number of ether oxygens (including phenoxy) is 3. The highest BCUT2D eigenvalue weighted by Crippen LogP contribution is 2.33. The molecule has 1 amide bonds. The first-order valence-electron chi connectivity index (χ1n) is 13.1. The SMILES string of the molecule is COc1cc2c(cc1OC)CN(CCn1cc(COc3ccccc3NC(=O)c3ccccc3[N+](=O)[O-])nn1)CC2. The van der Waals surface area contributed by atoms with Crippen LogP contribution in [0.1, 0.15) is 27.2 Å². The molecule has 12 heteroatoms. The zero-order valence-electron chi connectivity index (χ0n) is 22.8. The van der Waals surface area contributed by atoms with Gasteiger partial charge in [-0.25, -0.2) is 0 Å². The third-order valence-corrected chi connectivity index (χ3v) is 6.88. The maximum Gasteiger partial charge on any atom is 0.282 e. The van der Waals surface area contributed by atoms with E-state index in [4.69, 9.17) is 14.2 Å². The smallest absolute Gasteiger partial charge is 0.282 e. The normalized spacial score (nSPS) is 12.8. The largest absolute Gasteiger partial charge is 0.493 e. The van der Waals surface area contributed by atoms with E-state index < -0.39 is 10.8 Å². The van der Waals surface area contributed by atoms with E-state index in [1.807, 2.05) is 12.3 Å². The lowest BCUT2D eigenvalue weighted by molar-refractivity contribution is -0.385. The van der Waals surface area contributed by atoms with Crippen LogP contribution < -0.4 is 19.5 Å². The van der Waals surface area contributed by atoms with Crippen LogP contribution in [0.2, 0.25) is 0 Å². The summed E-state index contributed by atoms with van der Waals surface area (Å²) in [5.74, 6) is 1.30. The minimum absolute atomic E-state index is 0.0358. The number of hydrogen-bond donors (Lipinski definition) is 1. The molecule has 0 atom stereocenters. The van der Waals surface area contributed by atoms with Crippen LogP contribution >= 0.6 is 0 Å². The number of nitro groups is 1. The molecule has 0 aliphatic carbocycles. The summed E-state index contributed by atoms with van der Waals surface area (Å²) in [6.07, 6.45) is 2.76. The summed E-state index contributed by atoms with van der Waals surface area (Å²) in [5, 5.41) is 22.5. The molecule has 1 N–H and O–H groups in total. The monoisotopic (exact) mass is 558 g/mol. The Morgan fingerprint density at radius 2 is 1.73 bits per heavy atom. The molecule has 12 nitrogen and oxygen atoms in total. The molecule has 3 aromatic carbocycles. The van der Waals surface area contributed by atoms with Crippen molar-refractivity contribution >= 4 is 17.3 Å². The third-order valence-electron chi connectivity index (χ3n) is 6.88. The van der Waals surface area contributed by atoms with Gasteiger partial charge in [0, 0.05) is 25.7 Å². The van der Waals surface area contributed by atoms with Gasteiger partial charge >= 0.3 is 0 Å². The summed E-state index contributed by atoms with van der Waals surface area (Å²) in [6, 6.07) is 16.8. The van der Waals surface area contributed by atoms with E-state index in [1.165, 1.54) is 29.3 Å². The van der Waals surface area contributed by atoms with Gasteiger partial charge in [0.2, 0.25) is 0 Å². The fourth-order valence-electron chi connectivity index (χ4n) is 4.75. The fraction of sp³-hybridized carbons (Fsp3) is 0.276. The molecule has 41 heavy (non-hydrogen) atoms. The number of amides is 1. The summed E-state index contributed by atoms with van der Waals surface area (Å²) in [6.45, 7) is 3.35. The predicted molar refractivity (Wildman–Crippen MR) is 150 cm³/mol. The highest BCUT2D eigenvalue weighted by atomic mass is 16.6. The molecule has 2 heterocycles. The van der Waals surface area contributed by atoms with Crippen molar-refractivity contribution in [3.63, 3.8) is 0 Å². The maximum absolute atomic E-state index is 12.8. The van der Waals surface area contributed by atoms with E-state index in [0.717, 1.165) is 37.6 Å². The number of hydrogen-bond acceptors (Lipinski definition) is 9. The summed E-state index contributed by atoms with van der Waals surface area (Å²) in [5.41, 5.74) is 3.22. The second kappa shape index (κ2) is 12.5. The van der Waals surface area contributed by atoms with Crippen molar-refractivity contribution < 1.29 is 23.9 Å². The Bertz CT molecular complexity index is 1550.